The molecule has 1 aliphatic rings. The molecule has 0 heterocycles. The molecule has 0 amide bonds. The lowest BCUT2D eigenvalue weighted by Gasteiger charge is -2.33. The van der Waals surface area contributed by atoms with Gasteiger partial charge in [0, 0.05) is 0 Å². The van der Waals surface area contributed by atoms with E-state index in [0.29, 0.717) is 11.8 Å². The zero-order valence-corrected chi connectivity index (χ0v) is 14.1. The first-order chi connectivity index (χ1) is 10.3. The minimum Gasteiger partial charge on any atom is -0.394 e. The molecule has 134 valence electrons. The molecule has 6 nitrogen and oxygen atoms in total. The Morgan fingerprint density at radius 2 is 1.50 bits per heavy atom. The van der Waals surface area contributed by atoms with Crippen molar-refractivity contribution < 1.29 is 30.3 Å². The number of hydrogen-bond acceptors (Lipinski definition) is 6. The standard InChI is InChI=1S/C10H20O.C6H14O5/c1-7(2)9-5-4-8(3)6-10(9)11;7-1-5(9)3-11-4-6(10)2-8/h7-11H,4-6H2,1-3H3;5-10H,1-4H2. The maximum Gasteiger partial charge on any atom is 0.100 e. The van der Waals surface area contributed by atoms with E-state index in [-0.39, 0.29) is 32.5 Å². The second-order valence-corrected chi connectivity index (χ2v) is 6.60. The van der Waals surface area contributed by atoms with Gasteiger partial charge >= 0.3 is 0 Å². The van der Waals surface area contributed by atoms with Gasteiger partial charge in [-0.05, 0) is 30.6 Å². The van der Waals surface area contributed by atoms with Crippen molar-refractivity contribution in [1.82, 2.24) is 0 Å². The molecule has 0 aromatic carbocycles. The first kappa shape index (κ1) is 21.8. The highest BCUT2D eigenvalue weighted by Crippen LogP contribution is 2.33. The second-order valence-electron chi connectivity index (χ2n) is 6.60. The minimum atomic E-state index is -0.916. The van der Waals surface area contributed by atoms with Crippen molar-refractivity contribution in [2.45, 2.75) is 58.3 Å². The van der Waals surface area contributed by atoms with E-state index in [2.05, 4.69) is 20.8 Å². The average molecular weight is 322 g/mol. The van der Waals surface area contributed by atoms with Gasteiger partial charge in [-0.25, -0.2) is 0 Å². The van der Waals surface area contributed by atoms with Crippen LogP contribution < -0.4 is 0 Å². The van der Waals surface area contributed by atoms with Crippen molar-refractivity contribution in [2.75, 3.05) is 26.4 Å². The van der Waals surface area contributed by atoms with Gasteiger partial charge in [0.2, 0.25) is 0 Å². The quantitative estimate of drug-likeness (QED) is 0.456. The molecular weight excluding hydrogens is 288 g/mol. The summed E-state index contributed by atoms with van der Waals surface area (Å²) in [7, 11) is 0. The van der Waals surface area contributed by atoms with Crippen molar-refractivity contribution in [3.05, 3.63) is 0 Å². The molecule has 0 bridgehead atoms. The Kier molecular flexibility index (Phi) is 12.1. The Morgan fingerprint density at radius 3 is 1.86 bits per heavy atom. The van der Waals surface area contributed by atoms with Crippen LogP contribution in [0.4, 0.5) is 0 Å². The van der Waals surface area contributed by atoms with Crippen molar-refractivity contribution in [3.63, 3.8) is 0 Å². The first-order valence-electron chi connectivity index (χ1n) is 8.15. The van der Waals surface area contributed by atoms with Crippen LogP contribution >= 0.6 is 0 Å². The monoisotopic (exact) mass is 322 g/mol. The van der Waals surface area contributed by atoms with Gasteiger partial charge in [0.15, 0.2) is 0 Å². The summed E-state index contributed by atoms with van der Waals surface area (Å²) in [6, 6.07) is 0. The molecule has 0 aromatic heterocycles. The number of hydrogen-bond donors (Lipinski definition) is 5. The van der Waals surface area contributed by atoms with Crippen molar-refractivity contribution >= 4 is 0 Å². The third-order valence-corrected chi connectivity index (χ3v) is 4.03. The van der Waals surface area contributed by atoms with Gasteiger partial charge < -0.3 is 30.3 Å². The molecule has 5 N–H and O–H groups in total. The van der Waals surface area contributed by atoms with Crippen molar-refractivity contribution in [3.8, 4) is 0 Å². The summed E-state index contributed by atoms with van der Waals surface area (Å²) in [6.45, 7) is 5.86. The van der Waals surface area contributed by atoms with E-state index in [1.807, 2.05) is 0 Å². The largest absolute Gasteiger partial charge is 0.394 e. The fourth-order valence-corrected chi connectivity index (χ4v) is 2.60. The summed E-state index contributed by atoms with van der Waals surface area (Å²) < 4.78 is 4.72. The Hall–Kier alpha value is -0.240. The second kappa shape index (κ2) is 12.2. The third-order valence-electron chi connectivity index (χ3n) is 4.03. The van der Waals surface area contributed by atoms with Crippen LogP contribution in [0.15, 0.2) is 0 Å². The van der Waals surface area contributed by atoms with E-state index < -0.39 is 12.2 Å². The molecule has 22 heavy (non-hydrogen) atoms. The number of aliphatic hydroxyl groups is 5. The van der Waals surface area contributed by atoms with Crippen LogP contribution in [0.1, 0.15) is 40.0 Å². The molecule has 6 heteroatoms. The van der Waals surface area contributed by atoms with Gasteiger partial charge in [0.25, 0.3) is 0 Å². The molecule has 5 atom stereocenters. The van der Waals surface area contributed by atoms with Crippen LogP contribution in [0, 0.1) is 17.8 Å². The van der Waals surface area contributed by atoms with Crippen LogP contribution in [-0.4, -0.2) is 70.3 Å². The fraction of sp³-hybridized carbons (Fsp3) is 1.00. The summed E-state index contributed by atoms with van der Waals surface area (Å²) in [6.07, 6.45) is 1.68. The molecule has 0 saturated heterocycles. The summed E-state index contributed by atoms with van der Waals surface area (Å²) in [4.78, 5) is 0. The smallest absolute Gasteiger partial charge is 0.100 e. The van der Waals surface area contributed by atoms with E-state index in [9.17, 15) is 5.11 Å². The predicted octanol–water partition coefficient (Wildman–Crippen LogP) is 0.149. The Bertz CT molecular complexity index is 251. The van der Waals surface area contributed by atoms with Crippen LogP contribution in [0.3, 0.4) is 0 Å². The fourth-order valence-electron chi connectivity index (χ4n) is 2.60. The van der Waals surface area contributed by atoms with Gasteiger partial charge in [-0.2, -0.15) is 0 Å². The summed E-state index contributed by atoms with van der Waals surface area (Å²) >= 11 is 0. The first-order valence-corrected chi connectivity index (χ1v) is 8.15. The summed E-state index contributed by atoms with van der Waals surface area (Å²) in [5.41, 5.74) is 0. The molecule has 0 spiro atoms. The molecule has 0 radical (unpaired) electrons. The van der Waals surface area contributed by atoms with Crippen LogP contribution in [0.2, 0.25) is 0 Å². The van der Waals surface area contributed by atoms with Gasteiger partial charge in [-0.15, -0.1) is 0 Å². The lowest BCUT2D eigenvalue weighted by atomic mass is 9.75. The Morgan fingerprint density at radius 1 is 1.00 bits per heavy atom. The molecule has 5 unspecified atom stereocenters. The Balaban J connectivity index is 0.000000401. The molecule has 1 saturated carbocycles. The van der Waals surface area contributed by atoms with Crippen molar-refractivity contribution in [1.29, 1.82) is 0 Å². The predicted molar refractivity (Wildman–Crippen MR) is 84.4 cm³/mol. The Labute approximate surface area is 133 Å². The molecule has 1 aliphatic carbocycles. The highest BCUT2D eigenvalue weighted by atomic mass is 16.5. The summed E-state index contributed by atoms with van der Waals surface area (Å²) in [5, 5.41) is 43.8. The third kappa shape index (κ3) is 9.71. The molecule has 0 aliphatic heterocycles. The number of rotatable bonds is 7. The minimum absolute atomic E-state index is 0.0289. The van der Waals surface area contributed by atoms with E-state index in [4.69, 9.17) is 25.2 Å². The van der Waals surface area contributed by atoms with Gasteiger partial charge in [0.05, 0.1) is 32.5 Å². The summed E-state index contributed by atoms with van der Waals surface area (Å²) in [5.74, 6) is 1.95. The van der Waals surface area contributed by atoms with Crippen LogP contribution in [-0.2, 0) is 4.74 Å². The van der Waals surface area contributed by atoms with E-state index in [0.717, 1.165) is 12.3 Å². The highest BCUT2D eigenvalue weighted by Gasteiger charge is 2.28. The maximum absolute atomic E-state index is 9.71. The van der Waals surface area contributed by atoms with Gasteiger partial charge in [0.1, 0.15) is 12.2 Å². The van der Waals surface area contributed by atoms with E-state index in [1.54, 1.807) is 0 Å². The van der Waals surface area contributed by atoms with Gasteiger partial charge in [-0.1, -0.05) is 27.2 Å². The lowest BCUT2D eigenvalue weighted by Crippen LogP contribution is -2.31. The normalized spacial score (nSPS) is 28.0. The SMILES string of the molecule is CC1CCC(C(C)C)C(O)C1.OCC(O)COCC(O)CO. The number of aliphatic hydroxyl groups excluding tert-OH is 5. The molecule has 1 rings (SSSR count). The van der Waals surface area contributed by atoms with Crippen molar-refractivity contribution in [2.24, 2.45) is 17.8 Å². The zero-order chi connectivity index (χ0) is 17.1. The average Bonchev–Trinajstić information content (AvgIpc) is 2.46. The van der Waals surface area contributed by atoms with Crippen LogP contribution in [0.5, 0.6) is 0 Å². The van der Waals surface area contributed by atoms with Gasteiger partial charge in [-0.3, -0.25) is 0 Å². The topological polar surface area (TPSA) is 110 Å². The maximum atomic E-state index is 9.71. The van der Waals surface area contributed by atoms with E-state index in [1.165, 1.54) is 12.8 Å². The van der Waals surface area contributed by atoms with E-state index >= 15 is 0 Å². The zero-order valence-electron chi connectivity index (χ0n) is 14.1. The lowest BCUT2D eigenvalue weighted by molar-refractivity contribution is -0.0364. The number of ether oxygens (including phenoxy) is 1. The highest BCUT2D eigenvalue weighted by molar-refractivity contribution is 4.79. The molecule has 1 fully saturated rings. The molecule has 0 aromatic rings. The molecular formula is C16H34O6. The van der Waals surface area contributed by atoms with Crippen LogP contribution in [0.25, 0.3) is 0 Å².